The lowest BCUT2D eigenvalue weighted by atomic mass is 10.1. The molecule has 0 radical (unpaired) electrons. The third-order valence-electron chi connectivity index (χ3n) is 4.55. The molecule has 2 amide bonds. The highest BCUT2D eigenvalue weighted by atomic mass is 35.5. The first kappa shape index (κ1) is 20.5. The number of nitrogens with zero attached hydrogens (tertiary/aromatic N) is 3. The van der Waals surface area contributed by atoms with Crippen LogP contribution in [-0.4, -0.2) is 26.8 Å². The van der Waals surface area contributed by atoms with E-state index in [4.69, 9.17) is 11.6 Å². The van der Waals surface area contributed by atoms with Gasteiger partial charge in [-0.3, -0.25) is 9.59 Å². The molecule has 0 aliphatic rings. The molecule has 3 rings (SSSR count). The summed E-state index contributed by atoms with van der Waals surface area (Å²) in [7, 11) is 0. The van der Waals surface area contributed by atoms with Gasteiger partial charge in [0.2, 0.25) is 5.91 Å². The first-order valence-electron chi connectivity index (χ1n) is 9.14. The lowest BCUT2D eigenvalue weighted by Gasteiger charge is -2.09. The van der Waals surface area contributed by atoms with Crippen molar-refractivity contribution in [3.05, 3.63) is 75.6 Å². The van der Waals surface area contributed by atoms with Gasteiger partial charge < -0.3 is 10.6 Å². The summed E-state index contributed by atoms with van der Waals surface area (Å²) in [6, 6.07) is 13.1. The smallest absolute Gasteiger partial charge is 0.278 e. The number of aryl methyl sites for hydroxylation is 2. The Kier molecular flexibility index (Phi) is 6.29. The largest absolute Gasteiger partial charge is 0.350 e. The lowest BCUT2D eigenvalue weighted by molar-refractivity contribution is -0.122. The van der Waals surface area contributed by atoms with Crippen LogP contribution >= 0.6 is 11.6 Å². The summed E-state index contributed by atoms with van der Waals surface area (Å²) in [5.74, 6) is -0.614. The Morgan fingerprint density at radius 1 is 1.10 bits per heavy atom. The van der Waals surface area contributed by atoms with Gasteiger partial charge in [0.25, 0.3) is 5.91 Å². The first-order valence-corrected chi connectivity index (χ1v) is 9.51. The van der Waals surface area contributed by atoms with E-state index >= 15 is 0 Å². The minimum Gasteiger partial charge on any atom is -0.350 e. The van der Waals surface area contributed by atoms with Gasteiger partial charge in [0.15, 0.2) is 5.69 Å². The summed E-state index contributed by atoms with van der Waals surface area (Å²) in [6.07, 6.45) is 0. The molecule has 1 aromatic heterocycles. The summed E-state index contributed by atoms with van der Waals surface area (Å²) >= 11 is 6.09. The molecule has 0 saturated carbocycles. The quantitative estimate of drug-likeness (QED) is 0.650. The van der Waals surface area contributed by atoms with E-state index < -0.39 is 0 Å². The predicted octanol–water partition coefficient (Wildman–Crippen LogP) is 3.43. The van der Waals surface area contributed by atoms with Gasteiger partial charge in [-0.2, -0.15) is 0 Å². The monoisotopic (exact) mass is 411 g/mol. The van der Waals surface area contributed by atoms with Crippen LogP contribution in [0.3, 0.4) is 0 Å². The van der Waals surface area contributed by atoms with Crippen LogP contribution < -0.4 is 10.6 Å². The molecule has 8 heteroatoms. The normalized spacial score (nSPS) is 10.6. The summed E-state index contributed by atoms with van der Waals surface area (Å²) in [4.78, 5) is 24.8. The van der Waals surface area contributed by atoms with E-state index in [-0.39, 0.29) is 24.1 Å². The molecule has 0 unspecified atom stereocenters. The number of carbonyl (C=O) groups is 2. The summed E-state index contributed by atoms with van der Waals surface area (Å²) in [5, 5.41) is 14.1. The Hall–Kier alpha value is -3.19. The third kappa shape index (κ3) is 5.00. The Balaban J connectivity index is 1.63. The number of nitrogens with one attached hydrogen (secondary N) is 2. The average Bonchev–Trinajstić information content (AvgIpc) is 3.04. The molecular weight excluding hydrogens is 390 g/mol. The van der Waals surface area contributed by atoms with Crippen molar-refractivity contribution in [2.45, 2.75) is 33.9 Å². The average molecular weight is 412 g/mol. The molecule has 0 aliphatic heterocycles. The van der Waals surface area contributed by atoms with Crippen LogP contribution in [0.4, 0.5) is 5.69 Å². The maximum absolute atomic E-state index is 12.6. The van der Waals surface area contributed by atoms with Crippen molar-refractivity contribution in [1.29, 1.82) is 0 Å². The van der Waals surface area contributed by atoms with Crippen molar-refractivity contribution in [2.24, 2.45) is 0 Å². The van der Waals surface area contributed by atoms with Crippen molar-refractivity contribution < 1.29 is 9.59 Å². The second kappa shape index (κ2) is 8.87. The van der Waals surface area contributed by atoms with Crippen LogP contribution in [0.15, 0.2) is 42.5 Å². The van der Waals surface area contributed by atoms with E-state index in [1.165, 1.54) is 4.68 Å². The van der Waals surface area contributed by atoms with Crippen molar-refractivity contribution in [3.8, 4) is 0 Å². The molecule has 0 saturated heterocycles. The van der Waals surface area contributed by atoms with Gasteiger partial charge in [-0.15, -0.1) is 5.10 Å². The second-order valence-electron chi connectivity index (χ2n) is 6.82. The van der Waals surface area contributed by atoms with Gasteiger partial charge in [0.05, 0.1) is 5.69 Å². The van der Waals surface area contributed by atoms with E-state index in [1.807, 2.05) is 50.2 Å². The first-order chi connectivity index (χ1) is 13.8. The zero-order valence-corrected chi connectivity index (χ0v) is 17.2. The van der Waals surface area contributed by atoms with Crippen LogP contribution in [-0.2, 0) is 17.9 Å². The third-order valence-corrected chi connectivity index (χ3v) is 4.92. The number of aromatic nitrogens is 3. The fourth-order valence-corrected chi connectivity index (χ4v) is 3.09. The molecular formula is C21H22ClN5O2. The van der Waals surface area contributed by atoms with Gasteiger partial charge >= 0.3 is 0 Å². The number of benzene rings is 2. The van der Waals surface area contributed by atoms with E-state index in [2.05, 4.69) is 20.9 Å². The molecule has 29 heavy (non-hydrogen) atoms. The molecule has 7 nitrogen and oxygen atoms in total. The molecule has 0 fully saturated rings. The van der Waals surface area contributed by atoms with Gasteiger partial charge in [-0.1, -0.05) is 52.7 Å². The van der Waals surface area contributed by atoms with E-state index in [0.717, 1.165) is 16.7 Å². The van der Waals surface area contributed by atoms with Gasteiger partial charge in [0, 0.05) is 17.3 Å². The lowest BCUT2D eigenvalue weighted by Crippen LogP contribution is -2.28. The highest BCUT2D eigenvalue weighted by Crippen LogP contribution is 2.17. The van der Waals surface area contributed by atoms with Crippen LogP contribution in [0.5, 0.6) is 0 Å². The zero-order chi connectivity index (χ0) is 21.0. The second-order valence-corrected chi connectivity index (χ2v) is 7.23. The molecule has 2 N–H and O–H groups in total. The van der Waals surface area contributed by atoms with E-state index in [9.17, 15) is 9.59 Å². The minimum atomic E-state index is -0.364. The van der Waals surface area contributed by atoms with E-state index in [0.29, 0.717) is 22.9 Å². The fraction of sp³-hybridized carbons (Fsp3) is 0.238. The van der Waals surface area contributed by atoms with Gasteiger partial charge in [-0.25, -0.2) is 4.68 Å². The van der Waals surface area contributed by atoms with Crippen molar-refractivity contribution in [2.75, 3.05) is 5.32 Å². The Labute approximate surface area is 174 Å². The van der Waals surface area contributed by atoms with E-state index in [1.54, 1.807) is 13.0 Å². The van der Waals surface area contributed by atoms with Gasteiger partial charge in [-0.05, 0) is 44.0 Å². The van der Waals surface area contributed by atoms with Crippen LogP contribution in [0.1, 0.15) is 32.9 Å². The highest BCUT2D eigenvalue weighted by Gasteiger charge is 2.18. The number of carbonyl (C=O) groups excluding carboxylic acids is 2. The number of hydrogen-bond acceptors (Lipinski definition) is 4. The van der Waals surface area contributed by atoms with Crippen molar-refractivity contribution in [3.63, 3.8) is 0 Å². The summed E-state index contributed by atoms with van der Waals surface area (Å²) in [6.45, 7) is 5.89. The number of halogens is 1. The van der Waals surface area contributed by atoms with Crippen molar-refractivity contribution >= 4 is 29.1 Å². The maximum atomic E-state index is 12.6. The fourth-order valence-electron chi connectivity index (χ4n) is 2.88. The number of rotatable bonds is 6. The molecule has 1 heterocycles. The highest BCUT2D eigenvalue weighted by molar-refractivity contribution is 6.31. The predicted molar refractivity (Wildman–Crippen MR) is 112 cm³/mol. The Morgan fingerprint density at radius 2 is 1.86 bits per heavy atom. The molecule has 0 aliphatic carbocycles. The van der Waals surface area contributed by atoms with Crippen LogP contribution in [0.2, 0.25) is 5.02 Å². The standard InChI is InChI=1S/C21H22ClN5O2/c1-13-8-9-18(14(2)10-13)24-21(29)20-15(3)27(26-25-20)12-19(28)23-11-16-6-4-5-7-17(16)22/h4-10H,11-12H2,1-3H3,(H,23,28)(H,24,29). The van der Waals surface area contributed by atoms with Crippen LogP contribution in [0.25, 0.3) is 0 Å². The maximum Gasteiger partial charge on any atom is 0.278 e. The molecule has 2 aromatic carbocycles. The topological polar surface area (TPSA) is 88.9 Å². The molecule has 0 bridgehead atoms. The summed E-state index contributed by atoms with van der Waals surface area (Å²) < 4.78 is 1.40. The molecule has 0 atom stereocenters. The number of anilines is 1. The van der Waals surface area contributed by atoms with Gasteiger partial charge in [0.1, 0.15) is 6.54 Å². The molecule has 3 aromatic rings. The SMILES string of the molecule is Cc1ccc(NC(=O)c2nnn(CC(=O)NCc3ccccc3Cl)c2C)c(C)c1. The number of amides is 2. The minimum absolute atomic E-state index is 0.0415. The zero-order valence-electron chi connectivity index (χ0n) is 16.5. The summed E-state index contributed by atoms with van der Waals surface area (Å²) in [5.41, 5.74) is 4.32. The Morgan fingerprint density at radius 3 is 2.59 bits per heavy atom. The van der Waals surface area contributed by atoms with Crippen molar-refractivity contribution in [1.82, 2.24) is 20.3 Å². The molecule has 0 spiro atoms. The Bertz CT molecular complexity index is 1060. The van der Waals surface area contributed by atoms with Crippen LogP contribution in [0, 0.1) is 20.8 Å². The molecule has 150 valence electrons. The number of hydrogen-bond donors (Lipinski definition) is 2.